The van der Waals surface area contributed by atoms with Gasteiger partial charge in [-0.05, 0) is 12.1 Å². The first-order valence-corrected chi connectivity index (χ1v) is 7.31. The van der Waals surface area contributed by atoms with Crippen molar-refractivity contribution in [1.29, 1.82) is 0 Å². The second kappa shape index (κ2) is 7.89. The minimum Gasteiger partial charge on any atom is -0.356 e. The number of hydrogen-bond donors (Lipinski definition) is 2. The summed E-state index contributed by atoms with van der Waals surface area (Å²) < 4.78 is 0. The van der Waals surface area contributed by atoms with Gasteiger partial charge >= 0.3 is 0 Å². The Morgan fingerprint density at radius 2 is 1.57 bits per heavy atom. The van der Waals surface area contributed by atoms with E-state index in [0.29, 0.717) is 16.8 Å². The Labute approximate surface area is 134 Å². The van der Waals surface area contributed by atoms with Crippen molar-refractivity contribution in [3.63, 3.8) is 0 Å². The van der Waals surface area contributed by atoms with Crippen LogP contribution >= 0.6 is 0 Å². The zero-order chi connectivity index (χ0) is 16.7. The maximum atomic E-state index is 12.5. The molecule has 0 bridgehead atoms. The maximum absolute atomic E-state index is 12.5. The number of carbonyl (C=O) groups excluding carboxylic acids is 3. The quantitative estimate of drug-likeness (QED) is 0.804. The largest absolute Gasteiger partial charge is 0.356 e. The van der Waals surface area contributed by atoms with E-state index in [-0.39, 0.29) is 30.6 Å². The average Bonchev–Trinajstić information content (AvgIpc) is 2.55. The molecule has 0 aromatic heterocycles. The van der Waals surface area contributed by atoms with E-state index in [1.165, 1.54) is 6.92 Å². The van der Waals surface area contributed by atoms with Crippen molar-refractivity contribution in [2.75, 3.05) is 11.9 Å². The third-order valence-electron chi connectivity index (χ3n) is 3.21. The van der Waals surface area contributed by atoms with Crippen molar-refractivity contribution in [3.8, 4) is 0 Å². The molecule has 118 valence electrons. The lowest BCUT2D eigenvalue weighted by Crippen LogP contribution is -2.25. The number of nitrogens with one attached hydrogen (secondary N) is 2. The fourth-order valence-electron chi connectivity index (χ4n) is 2.10. The van der Waals surface area contributed by atoms with Crippen LogP contribution in [0.1, 0.15) is 29.3 Å². The molecule has 0 aliphatic carbocycles. The van der Waals surface area contributed by atoms with Crippen LogP contribution in [-0.2, 0) is 9.59 Å². The highest BCUT2D eigenvalue weighted by atomic mass is 16.2. The van der Waals surface area contributed by atoms with Crippen molar-refractivity contribution in [3.05, 3.63) is 65.7 Å². The first kappa shape index (κ1) is 16.4. The molecule has 0 aliphatic rings. The molecule has 2 aromatic carbocycles. The summed E-state index contributed by atoms with van der Waals surface area (Å²) in [5.74, 6) is -0.590. The fourth-order valence-corrected chi connectivity index (χ4v) is 2.10. The van der Waals surface area contributed by atoms with Crippen LogP contribution in [0.4, 0.5) is 5.69 Å². The van der Waals surface area contributed by atoms with E-state index in [9.17, 15) is 14.4 Å². The number of ketones is 1. The van der Waals surface area contributed by atoms with Crippen molar-refractivity contribution < 1.29 is 14.4 Å². The van der Waals surface area contributed by atoms with Crippen molar-refractivity contribution in [1.82, 2.24) is 5.32 Å². The van der Waals surface area contributed by atoms with Gasteiger partial charge in [0, 0.05) is 31.0 Å². The molecule has 2 N–H and O–H groups in total. The zero-order valence-electron chi connectivity index (χ0n) is 12.8. The predicted octanol–water partition coefficient (Wildman–Crippen LogP) is 2.38. The lowest BCUT2D eigenvalue weighted by molar-refractivity contribution is -0.119. The van der Waals surface area contributed by atoms with Crippen LogP contribution in [0, 0.1) is 0 Å². The molecule has 5 heteroatoms. The van der Waals surface area contributed by atoms with Crippen LogP contribution in [0.25, 0.3) is 0 Å². The van der Waals surface area contributed by atoms with Gasteiger partial charge in [0.1, 0.15) is 0 Å². The molecule has 0 aliphatic heterocycles. The number of amides is 2. The van der Waals surface area contributed by atoms with Gasteiger partial charge in [0.25, 0.3) is 0 Å². The first-order chi connectivity index (χ1) is 11.1. The fraction of sp³-hybridized carbons (Fsp3) is 0.167. The van der Waals surface area contributed by atoms with Crippen molar-refractivity contribution in [2.45, 2.75) is 13.3 Å². The summed E-state index contributed by atoms with van der Waals surface area (Å²) in [6.45, 7) is 1.65. The molecule has 2 rings (SSSR count). The minimum atomic E-state index is -0.257. The van der Waals surface area contributed by atoms with Gasteiger partial charge in [0.2, 0.25) is 11.8 Å². The molecule has 2 aromatic rings. The van der Waals surface area contributed by atoms with E-state index < -0.39 is 0 Å². The maximum Gasteiger partial charge on any atom is 0.226 e. The van der Waals surface area contributed by atoms with E-state index in [1.807, 2.05) is 6.07 Å². The minimum absolute atomic E-state index is 0.146. The van der Waals surface area contributed by atoms with E-state index in [1.54, 1.807) is 48.5 Å². The van der Waals surface area contributed by atoms with Crippen molar-refractivity contribution >= 4 is 23.3 Å². The van der Waals surface area contributed by atoms with Crippen LogP contribution < -0.4 is 10.6 Å². The van der Waals surface area contributed by atoms with Crippen LogP contribution in [0.3, 0.4) is 0 Å². The van der Waals surface area contributed by atoms with E-state index in [0.717, 1.165) is 0 Å². The Balaban J connectivity index is 2.10. The molecule has 23 heavy (non-hydrogen) atoms. The number of benzene rings is 2. The molecule has 0 radical (unpaired) electrons. The van der Waals surface area contributed by atoms with Gasteiger partial charge < -0.3 is 10.6 Å². The topological polar surface area (TPSA) is 75.3 Å². The molecule has 0 unspecified atom stereocenters. The van der Waals surface area contributed by atoms with E-state index in [4.69, 9.17) is 0 Å². The summed E-state index contributed by atoms with van der Waals surface area (Å²) in [6, 6.07) is 15.8. The molecule has 0 heterocycles. The summed E-state index contributed by atoms with van der Waals surface area (Å²) in [6.07, 6.45) is 0.146. The summed E-state index contributed by atoms with van der Waals surface area (Å²) in [7, 11) is 0. The molecule has 0 saturated carbocycles. The Morgan fingerprint density at radius 1 is 0.913 bits per heavy atom. The Morgan fingerprint density at radius 3 is 2.26 bits per heavy atom. The van der Waals surface area contributed by atoms with Crippen molar-refractivity contribution in [2.24, 2.45) is 0 Å². The molecule has 0 saturated heterocycles. The SMILES string of the molecule is CC(=O)NCCC(=O)Nc1ccccc1C(=O)c1ccccc1. The highest BCUT2D eigenvalue weighted by Crippen LogP contribution is 2.19. The smallest absolute Gasteiger partial charge is 0.226 e. The standard InChI is InChI=1S/C18H18N2O3/c1-13(21)19-12-11-17(22)20-16-10-6-5-9-15(16)18(23)14-7-3-2-4-8-14/h2-10H,11-12H2,1H3,(H,19,21)(H,20,22). The number of rotatable bonds is 6. The lowest BCUT2D eigenvalue weighted by Gasteiger charge is -2.10. The third kappa shape index (κ3) is 4.78. The van der Waals surface area contributed by atoms with Crippen LogP contribution in [-0.4, -0.2) is 24.1 Å². The number of carbonyl (C=O) groups is 3. The first-order valence-electron chi connectivity index (χ1n) is 7.31. The Kier molecular flexibility index (Phi) is 5.63. The number of hydrogen-bond acceptors (Lipinski definition) is 3. The predicted molar refractivity (Wildman–Crippen MR) is 88.2 cm³/mol. The lowest BCUT2D eigenvalue weighted by atomic mass is 10.0. The van der Waals surface area contributed by atoms with E-state index >= 15 is 0 Å². The second-order valence-electron chi connectivity index (χ2n) is 5.02. The highest BCUT2D eigenvalue weighted by molar-refractivity contribution is 6.13. The van der Waals surface area contributed by atoms with Gasteiger partial charge in [-0.25, -0.2) is 0 Å². The average molecular weight is 310 g/mol. The molecule has 0 spiro atoms. The summed E-state index contributed by atoms with van der Waals surface area (Å²) in [5.41, 5.74) is 1.47. The Bertz CT molecular complexity index is 711. The van der Waals surface area contributed by atoms with Crippen LogP contribution in [0.2, 0.25) is 0 Å². The Hall–Kier alpha value is -2.95. The van der Waals surface area contributed by atoms with Crippen LogP contribution in [0.5, 0.6) is 0 Å². The van der Waals surface area contributed by atoms with Gasteiger partial charge in [-0.15, -0.1) is 0 Å². The molecule has 0 atom stereocenters. The van der Waals surface area contributed by atoms with Gasteiger partial charge in [-0.2, -0.15) is 0 Å². The van der Waals surface area contributed by atoms with Gasteiger partial charge in [-0.3, -0.25) is 14.4 Å². The van der Waals surface area contributed by atoms with Crippen LogP contribution in [0.15, 0.2) is 54.6 Å². The normalized spacial score (nSPS) is 9.96. The second-order valence-corrected chi connectivity index (χ2v) is 5.02. The monoisotopic (exact) mass is 310 g/mol. The van der Waals surface area contributed by atoms with Gasteiger partial charge in [0.05, 0.1) is 5.69 Å². The molecule has 5 nitrogen and oxygen atoms in total. The summed E-state index contributed by atoms with van der Waals surface area (Å²) >= 11 is 0. The number of para-hydroxylation sites is 1. The molecular formula is C18H18N2O3. The van der Waals surface area contributed by atoms with Gasteiger partial charge in [0.15, 0.2) is 5.78 Å². The summed E-state index contributed by atoms with van der Waals surface area (Å²) in [4.78, 5) is 35.3. The molecular weight excluding hydrogens is 292 g/mol. The molecule has 2 amide bonds. The van der Waals surface area contributed by atoms with Gasteiger partial charge in [-0.1, -0.05) is 42.5 Å². The number of anilines is 1. The molecule has 0 fully saturated rings. The summed E-state index contributed by atoms with van der Waals surface area (Å²) in [5, 5.41) is 5.28. The third-order valence-corrected chi connectivity index (χ3v) is 3.21. The van der Waals surface area contributed by atoms with E-state index in [2.05, 4.69) is 10.6 Å². The highest BCUT2D eigenvalue weighted by Gasteiger charge is 2.14. The zero-order valence-corrected chi connectivity index (χ0v) is 12.8.